The van der Waals surface area contributed by atoms with E-state index in [4.69, 9.17) is 0 Å². The minimum Gasteiger partial charge on any atom is -0.464 e. The standard InChI is InChI=1S/C13H15F7O5/c1-7(2)8(21)25-12(9(22)23-4,13(18,19)20)24-6-5-11(16,17)10(3,14)15/h1,5-6H2,2-4H3. The second-order valence-electron chi connectivity index (χ2n) is 4.97. The normalized spacial score (nSPS) is 15.3. The molecule has 0 fully saturated rings. The minimum atomic E-state index is -5.75. The van der Waals surface area contributed by atoms with Gasteiger partial charge in [0.15, 0.2) is 0 Å². The lowest BCUT2D eigenvalue weighted by atomic mass is 10.1. The summed E-state index contributed by atoms with van der Waals surface area (Å²) < 4.78 is 103. The molecule has 0 aromatic rings. The zero-order valence-electron chi connectivity index (χ0n) is 13.3. The Hall–Kier alpha value is -1.85. The smallest absolute Gasteiger partial charge is 0.464 e. The molecule has 1 unspecified atom stereocenters. The lowest BCUT2D eigenvalue weighted by Gasteiger charge is -2.32. The van der Waals surface area contributed by atoms with E-state index in [1.165, 1.54) is 0 Å². The van der Waals surface area contributed by atoms with Crippen LogP contribution in [0.1, 0.15) is 20.3 Å². The summed E-state index contributed by atoms with van der Waals surface area (Å²) in [5.74, 6) is -17.7. The molecule has 146 valence electrons. The summed E-state index contributed by atoms with van der Waals surface area (Å²) in [5.41, 5.74) is -0.577. The molecule has 0 saturated heterocycles. The third-order valence-corrected chi connectivity index (χ3v) is 2.78. The number of ether oxygens (including phenoxy) is 3. The third kappa shape index (κ3) is 5.31. The van der Waals surface area contributed by atoms with Gasteiger partial charge >= 0.3 is 35.7 Å². The fraction of sp³-hybridized carbons (Fsp3) is 0.692. The van der Waals surface area contributed by atoms with E-state index >= 15 is 0 Å². The van der Waals surface area contributed by atoms with Crippen molar-refractivity contribution in [3.8, 4) is 0 Å². The van der Waals surface area contributed by atoms with Crippen molar-refractivity contribution in [1.29, 1.82) is 0 Å². The van der Waals surface area contributed by atoms with Crippen molar-refractivity contribution in [1.82, 2.24) is 0 Å². The summed E-state index contributed by atoms with van der Waals surface area (Å²) in [7, 11) is 0.482. The minimum absolute atomic E-state index is 0.147. The van der Waals surface area contributed by atoms with Crippen LogP contribution >= 0.6 is 0 Å². The Labute approximate surface area is 137 Å². The van der Waals surface area contributed by atoms with Crippen LogP contribution < -0.4 is 0 Å². The Morgan fingerprint density at radius 1 is 1.04 bits per heavy atom. The second kappa shape index (κ2) is 7.58. The molecule has 0 aromatic heterocycles. The number of carbonyl (C=O) groups is 2. The Bertz CT molecular complexity index is 524. The molecule has 0 spiro atoms. The van der Waals surface area contributed by atoms with Crippen molar-refractivity contribution in [2.75, 3.05) is 13.7 Å². The van der Waals surface area contributed by atoms with Gasteiger partial charge in [-0.3, -0.25) is 0 Å². The van der Waals surface area contributed by atoms with Gasteiger partial charge in [-0.2, -0.15) is 22.0 Å². The van der Waals surface area contributed by atoms with E-state index in [1.807, 2.05) is 0 Å². The molecule has 12 heteroatoms. The van der Waals surface area contributed by atoms with E-state index in [9.17, 15) is 40.3 Å². The number of alkyl halides is 7. The molecular formula is C13H15F7O5. The topological polar surface area (TPSA) is 61.8 Å². The highest BCUT2D eigenvalue weighted by Crippen LogP contribution is 2.40. The average molecular weight is 384 g/mol. The predicted octanol–water partition coefficient (Wildman–Crippen LogP) is 3.23. The number of hydrogen-bond acceptors (Lipinski definition) is 5. The number of methoxy groups -OCH3 is 1. The van der Waals surface area contributed by atoms with Gasteiger partial charge in [-0.05, 0) is 6.92 Å². The largest absolute Gasteiger partial charge is 0.468 e. The van der Waals surface area contributed by atoms with Crippen LogP contribution in [0.15, 0.2) is 12.2 Å². The van der Waals surface area contributed by atoms with Crippen molar-refractivity contribution in [3.05, 3.63) is 12.2 Å². The maximum Gasteiger partial charge on any atom is 0.468 e. The van der Waals surface area contributed by atoms with E-state index in [2.05, 4.69) is 20.8 Å². The van der Waals surface area contributed by atoms with E-state index in [-0.39, 0.29) is 6.92 Å². The zero-order valence-corrected chi connectivity index (χ0v) is 13.3. The van der Waals surface area contributed by atoms with Gasteiger partial charge in [0.1, 0.15) is 0 Å². The SMILES string of the molecule is C=C(C)C(=O)OC(OCCC(F)(F)C(C)(F)F)(C(=O)OC)C(F)(F)F. The lowest BCUT2D eigenvalue weighted by molar-refractivity contribution is -0.356. The molecule has 0 aliphatic carbocycles. The highest BCUT2D eigenvalue weighted by molar-refractivity contribution is 5.90. The molecule has 25 heavy (non-hydrogen) atoms. The monoisotopic (exact) mass is 384 g/mol. The third-order valence-electron chi connectivity index (χ3n) is 2.78. The van der Waals surface area contributed by atoms with Crippen LogP contribution in [0.2, 0.25) is 0 Å². The van der Waals surface area contributed by atoms with Gasteiger partial charge in [0.05, 0.1) is 13.7 Å². The summed E-state index contributed by atoms with van der Waals surface area (Å²) in [6, 6.07) is 0. The van der Waals surface area contributed by atoms with E-state index in [0.29, 0.717) is 7.11 Å². The zero-order chi connectivity index (χ0) is 20.3. The molecule has 0 radical (unpaired) electrons. The first-order valence-corrected chi connectivity index (χ1v) is 6.45. The molecule has 5 nitrogen and oxygen atoms in total. The summed E-state index contributed by atoms with van der Waals surface area (Å²) in [6.07, 6.45) is -7.65. The number of rotatable bonds is 8. The highest BCUT2D eigenvalue weighted by atomic mass is 19.4. The van der Waals surface area contributed by atoms with Gasteiger partial charge in [0, 0.05) is 18.9 Å². The first-order chi connectivity index (χ1) is 11.0. The molecule has 0 heterocycles. The van der Waals surface area contributed by atoms with Crippen molar-refractivity contribution in [3.63, 3.8) is 0 Å². The van der Waals surface area contributed by atoms with Crippen LogP contribution in [0.5, 0.6) is 0 Å². The van der Waals surface area contributed by atoms with Crippen LogP contribution in [-0.2, 0) is 23.8 Å². The lowest BCUT2D eigenvalue weighted by Crippen LogP contribution is -2.58. The first kappa shape index (κ1) is 23.1. The molecule has 0 aliphatic heterocycles. The fourth-order valence-corrected chi connectivity index (χ4v) is 1.28. The van der Waals surface area contributed by atoms with Gasteiger partial charge < -0.3 is 14.2 Å². The van der Waals surface area contributed by atoms with Gasteiger partial charge in [0.2, 0.25) is 0 Å². The van der Waals surface area contributed by atoms with E-state index in [0.717, 1.165) is 6.92 Å². The second-order valence-corrected chi connectivity index (χ2v) is 4.97. The molecule has 0 bridgehead atoms. The van der Waals surface area contributed by atoms with Crippen molar-refractivity contribution in [2.45, 2.75) is 44.1 Å². The summed E-state index contributed by atoms with van der Waals surface area (Å²) >= 11 is 0. The molecule has 0 saturated carbocycles. The summed E-state index contributed by atoms with van der Waals surface area (Å²) in [5, 5.41) is 0. The van der Waals surface area contributed by atoms with Crippen LogP contribution in [-0.4, -0.2) is 49.5 Å². The van der Waals surface area contributed by atoms with Gasteiger partial charge in [-0.15, -0.1) is 0 Å². The van der Waals surface area contributed by atoms with Gasteiger partial charge in [-0.25, -0.2) is 18.4 Å². The predicted molar refractivity (Wildman–Crippen MR) is 67.8 cm³/mol. The first-order valence-electron chi connectivity index (χ1n) is 6.45. The molecule has 0 N–H and O–H groups in total. The van der Waals surface area contributed by atoms with E-state index < -0.39 is 54.3 Å². The molecule has 0 amide bonds. The van der Waals surface area contributed by atoms with Crippen LogP contribution in [0.25, 0.3) is 0 Å². The molecule has 0 aliphatic rings. The maximum absolute atomic E-state index is 13.2. The fourth-order valence-electron chi connectivity index (χ4n) is 1.28. The number of esters is 2. The van der Waals surface area contributed by atoms with Gasteiger partial charge in [0.25, 0.3) is 0 Å². The Morgan fingerprint density at radius 2 is 1.52 bits per heavy atom. The highest BCUT2D eigenvalue weighted by Gasteiger charge is 2.68. The van der Waals surface area contributed by atoms with Crippen LogP contribution in [0, 0.1) is 0 Å². The molecule has 0 aromatic carbocycles. The van der Waals surface area contributed by atoms with Gasteiger partial charge in [-0.1, -0.05) is 6.58 Å². The van der Waals surface area contributed by atoms with Crippen LogP contribution in [0.3, 0.4) is 0 Å². The molecule has 1 atom stereocenters. The Morgan fingerprint density at radius 3 is 1.84 bits per heavy atom. The van der Waals surface area contributed by atoms with E-state index in [1.54, 1.807) is 0 Å². The average Bonchev–Trinajstić information content (AvgIpc) is 2.42. The molecule has 0 rings (SSSR count). The van der Waals surface area contributed by atoms with Crippen molar-refractivity contribution in [2.24, 2.45) is 0 Å². The van der Waals surface area contributed by atoms with Crippen molar-refractivity contribution >= 4 is 11.9 Å². The number of carbonyl (C=O) groups excluding carboxylic acids is 2. The van der Waals surface area contributed by atoms with Crippen LogP contribution in [0.4, 0.5) is 30.7 Å². The van der Waals surface area contributed by atoms with Crippen molar-refractivity contribution < 1.29 is 54.5 Å². The number of halogens is 7. The summed E-state index contributed by atoms with van der Waals surface area (Å²) in [6.45, 7) is 2.08. The quantitative estimate of drug-likeness (QED) is 0.278. The Kier molecular flexibility index (Phi) is 7.02. The molecular weight excluding hydrogens is 369 g/mol. The summed E-state index contributed by atoms with van der Waals surface area (Å²) in [4.78, 5) is 22.8. The maximum atomic E-state index is 13.2. The Balaban J connectivity index is 5.63. The number of hydrogen-bond donors (Lipinski definition) is 0.